The Labute approximate surface area is 90.4 Å². The number of nitrogens with two attached hydrogens (primary N) is 1. The van der Waals surface area contributed by atoms with Crippen LogP contribution in [0.4, 0.5) is 5.82 Å². The third-order valence-corrected chi connectivity index (χ3v) is 2.52. The summed E-state index contributed by atoms with van der Waals surface area (Å²) in [7, 11) is 0. The van der Waals surface area contributed by atoms with Gasteiger partial charge in [-0.3, -0.25) is 0 Å². The lowest BCUT2D eigenvalue weighted by Gasteiger charge is -2.20. The van der Waals surface area contributed by atoms with Gasteiger partial charge < -0.3 is 10.5 Å². The molecule has 2 rings (SSSR count). The minimum atomic E-state index is -0.0787. The summed E-state index contributed by atoms with van der Waals surface area (Å²) in [5.74, 6) is 0.702. The van der Waals surface area contributed by atoms with Crippen LogP contribution in [0.5, 0.6) is 0 Å². The van der Waals surface area contributed by atoms with Crippen molar-refractivity contribution in [1.29, 1.82) is 0 Å². The Kier molecular flexibility index (Phi) is 2.46. The Morgan fingerprint density at radius 1 is 1.53 bits per heavy atom. The first-order valence-electron chi connectivity index (χ1n) is 5.27. The number of nitrogen functional groups attached to an aromatic ring is 1. The van der Waals surface area contributed by atoms with Crippen molar-refractivity contribution in [3.8, 4) is 0 Å². The van der Waals surface area contributed by atoms with Gasteiger partial charge in [-0.25, -0.2) is 4.68 Å². The van der Waals surface area contributed by atoms with Crippen LogP contribution in [0.2, 0.25) is 0 Å². The normalized spacial score (nSPS) is 22.2. The number of hydrogen-bond acceptors (Lipinski definition) is 3. The van der Waals surface area contributed by atoms with Gasteiger partial charge in [0.1, 0.15) is 11.9 Å². The molecule has 1 aliphatic rings. The molecule has 0 saturated carbocycles. The lowest BCUT2D eigenvalue weighted by molar-refractivity contribution is 0.110. The zero-order valence-corrected chi connectivity index (χ0v) is 9.53. The van der Waals surface area contributed by atoms with Crippen molar-refractivity contribution in [3.63, 3.8) is 0 Å². The lowest BCUT2D eigenvalue weighted by Crippen LogP contribution is -2.24. The van der Waals surface area contributed by atoms with Gasteiger partial charge in [-0.15, -0.1) is 0 Å². The van der Waals surface area contributed by atoms with Crippen LogP contribution in [0.15, 0.2) is 6.07 Å². The molecular formula is C11H18N3O. The molecule has 2 heterocycles. The van der Waals surface area contributed by atoms with Gasteiger partial charge in [0, 0.05) is 6.07 Å². The quantitative estimate of drug-likeness (QED) is 0.766. The monoisotopic (exact) mass is 208 g/mol. The number of rotatable bonds is 1. The maximum atomic E-state index is 5.93. The molecule has 0 unspecified atom stereocenters. The highest BCUT2D eigenvalue weighted by molar-refractivity contribution is 5.33. The first-order chi connectivity index (χ1) is 6.98. The highest BCUT2D eigenvalue weighted by Gasteiger charge is 2.24. The number of nitrogens with zero attached hydrogens (tertiary/aromatic N) is 2. The topological polar surface area (TPSA) is 53.1 Å². The third kappa shape index (κ3) is 2.00. The summed E-state index contributed by atoms with van der Waals surface area (Å²) in [5, 5.41) is 4.51. The number of anilines is 1. The predicted octanol–water partition coefficient (Wildman–Crippen LogP) is 1.89. The summed E-state index contributed by atoms with van der Waals surface area (Å²) < 4.78 is 7.38. The van der Waals surface area contributed by atoms with Gasteiger partial charge in [-0.05, 0) is 33.6 Å². The third-order valence-electron chi connectivity index (χ3n) is 2.52. The molecule has 1 atom stereocenters. The molecule has 0 aliphatic carbocycles. The van der Waals surface area contributed by atoms with Crippen molar-refractivity contribution < 1.29 is 4.74 Å². The molecule has 1 aromatic heterocycles. The minimum Gasteiger partial charge on any atom is -0.384 e. The Morgan fingerprint density at radius 3 is 2.73 bits per heavy atom. The Balaban J connectivity index is 2.28. The molecule has 1 saturated heterocycles. The fourth-order valence-corrected chi connectivity index (χ4v) is 1.79. The number of ether oxygens (including phenoxy) is 1. The molecule has 0 bridgehead atoms. The van der Waals surface area contributed by atoms with Crippen molar-refractivity contribution in [2.75, 3.05) is 12.3 Å². The predicted molar refractivity (Wildman–Crippen MR) is 59.2 cm³/mol. The smallest absolute Gasteiger partial charge is 0.122 e. The summed E-state index contributed by atoms with van der Waals surface area (Å²) in [6, 6.07) is 1.91. The molecule has 83 valence electrons. The molecule has 0 amide bonds. The van der Waals surface area contributed by atoms with Crippen molar-refractivity contribution in [1.82, 2.24) is 9.78 Å². The fraction of sp³-hybridized carbons (Fsp3) is 0.636. The number of aromatic nitrogens is 2. The van der Waals surface area contributed by atoms with E-state index in [1.165, 1.54) is 0 Å². The Bertz CT molecular complexity index is 345. The summed E-state index contributed by atoms with van der Waals surface area (Å²) in [4.78, 5) is 0. The van der Waals surface area contributed by atoms with Crippen LogP contribution in [0, 0.1) is 6.42 Å². The van der Waals surface area contributed by atoms with Gasteiger partial charge in [-0.1, -0.05) is 0 Å². The summed E-state index contributed by atoms with van der Waals surface area (Å²) in [6.45, 7) is 6.97. The van der Waals surface area contributed by atoms with Gasteiger partial charge in [0.25, 0.3) is 0 Å². The van der Waals surface area contributed by atoms with Crippen molar-refractivity contribution in [2.45, 2.75) is 38.8 Å². The van der Waals surface area contributed by atoms with E-state index >= 15 is 0 Å². The minimum absolute atomic E-state index is 0.0787. The molecule has 4 nitrogen and oxygen atoms in total. The van der Waals surface area contributed by atoms with Crippen LogP contribution < -0.4 is 5.73 Å². The van der Waals surface area contributed by atoms with Crippen LogP contribution >= 0.6 is 0 Å². The second kappa shape index (κ2) is 3.52. The van der Waals surface area contributed by atoms with E-state index in [2.05, 4.69) is 32.3 Å². The molecule has 2 N–H and O–H groups in total. The standard InChI is InChI=1S/C11H18N3O/c1-11(2,3)14-10(12)7-8(13-14)9-5-4-6-15-9/h4,7,9H,5-6,12H2,1-3H3/t9-/m1/s1. The average molecular weight is 208 g/mol. The van der Waals surface area contributed by atoms with E-state index in [-0.39, 0.29) is 11.6 Å². The second-order valence-electron chi connectivity index (χ2n) is 4.92. The average Bonchev–Trinajstić information content (AvgIpc) is 2.68. The van der Waals surface area contributed by atoms with E-state index in [0.717, 1.165) is 12.1 Å². The fourth-order valence-electron chi connectivity index (χ4n) is 1.79. The van der Waals surface area contributed by atoms with Crippen LogP contribution in [0.25, 0.3) is 0 Å². The van der Waals surface area contributed by atoms with Crippen molar-refractivity contribution >= 4 is 5.82 Å². The molecule has 1 aliphatic heterocycles. The summed E-state index contributed by atoms with van der Waals surface area (Å²) in [5.41, 5.74) is 6.79. The lowest BCUT2D eigenvalue weighted by atomic mass is 10.1. The Morgan fingerprint density at radius 2 is 2.27 bits per heavy atom. The number of hydrogen-bond donors (Lipinski definition) is 1. The van der Waals surface area contributed by atoms with E-state index in [4.69, 9.17) is 10.5 Å². The van der Waals surface area contributed by atoms with E-state index in [1.807, 2.05) is 10.7 Å². The molecule has 4 heteroatoms. The first kappa shape index (κ1) is 10.5. The molecule has 1 fully saturated rings. The van der Waals surface area contributed by atoms with Crippen molar-refractivity contribution in [2.24, 2.45) is 0 Å². The first-order valence-corrected chi connectivity index (χ1v) is 5.27. The molecule has 0 spiro atoms. The highest BCUT2D eigenvalue weighted by Crippen LogP contribution is 2.29. The maximum absolute atomic E-state index is 5.93. The van der Waals surface area contributed by atoms with E-state index in [1.54, 1.807) is 0 Å². The van der Waals surface area contributed by atoms with Crippen LogP contribution in [0.1, 0.15) is 39.0 Å². The SMILES string of the molecule is CC(C)(C)n1nc([C@H]2C[CH]CO2)cc1N. The second-order valence-corrected chi connectivity index (χ2v) is 4.92. The van der Waals surface area contributed by atoms with Gasteiger partial charge in [0.2, 0.25) is 0 Å². The van der Waals surface area contributed by atoms with Crippen LogP contribution in [-0.4, -0.2) is 16.4 Å². The molecule has 15 heavy (non-hydrogen) atoms. The highest BCUT2D eigenvalue weighted by atomic mass is 16.5. The van der Waals surface area contributed by atoms with Crippen molar-refractivity contribution in [3.05, 3.63) is 18.2 Å². The van der Waals surface area contributed by atoms with Crippen LogP contribution in [0.3, 0.4) is 0 Å². The largest absolute Gasteiger partial charge is 0.384 e. The summed E-state index contributed by atoms with van der Waals surface area (Å²) >= 11 is 0. The van der Waals surface area contributed by atoms with Crippen LogP contribution in [-0.2, 0) is 10.3 Å². The Hall–Kier alpha value is -1.03. The van der Waals surface area contributed by atoms with Gasteiger partial charge in [0.15, 0.2) is 0 Å². The maximum Gasteiger partial charge on any atom is 0.122 e. The van der Waals surface area contributed by atoms with E-state index in [0.29, 0.717) is 12.4 Å². The summed E-state index contributed by atoms with van der Waals surface area (Å²) in [6.07, 6.45) is 3.15. The van der Waals surface area contributed by atoms with Gasteiger partial charge in [0.05, 0.1) is 17.8 Å². The van der Waals surface area contributed by atoms with E-state index in [9.17, 15) is 0 Å². The zero-order chi connectivity index (χ0) is 11.1. The molecule has 1 radical (unpaired) electrons. The van der Waals surface area contributed by atoms with E-state index < -0.39 is 0 Å². The molecular weight excluding hydrogens is 190 g/mol. The van der Waals surface area contributed by atoms with Gasteiger partial charge >= 0.3 is 0 Å². The molecule has 0 aromatic carbocycles. The zero-order valence-electron chi connectivity index (χ0n) is 9.53. The molecule has 1 aromatic rings. The van der Waals surface area contributed by atoms with Gasteiger partial charge in [-0.2, -0.15) is 5.10 Å².